The third-order valence-electron chi connectivity index (χ3n) is 7.27. The fraction of sp³-hybridized carbons (Fsp3) is 0.379. The summed E-state index contributed by atoms with van der Waals surface area (Å²) in [5.74, 6) is 1.15. The Labute approximate surface area is 227 Å². The van der Waals surface area contributed by atoms with E-state index in [9.17, 15) is 14.0 Å². The van der Waals surface area contributed by atoms with E-state index >= 15 is 0 Å². The number of rotatable bonds is 8. The quantitative estimate of drug-likeness (QED) is 0.452. The summed E-state index contributed by atoms with van der Waals surface area (Å²) in [6.45, 7) is 0.510. The molecule has 1 saturated carbocycles. The molecule has 2 amide bonds. The molecular weight excluding hydrogens is 501 g/mol. The molecule has 0 radical (unpaired) electrons. The zero-order valence-electron chi connectivity index (χ0n) is 22.3. The normalized spacial score (nSPS) is 20.7. The zero-order valence-corrected chi connectivity index (χ0v) is 22.3. The molecule has 1 saturated heterocycles. The number of hydrogen-bond donors (Lipinski definition) is 1. The maximum absolute atomic E-state index is 13.2. The summed E-state index contributed by atoms with van der Waals surface area (Å²) in [6, 6.07) is 10.9. The van der Waals surface area contributed by atoms with Crippen molar-refractivity contribution in [3.05, 3.63) is 66.4 Å². The summed E-state index contributed by atoms with van der Waals surface area (Å²) in [7, 11) is 5.43. The molecule has 39 heavy (non-hydrogen) atoms. The molecule has 10 heteroatoms. The Kier molecular flexibility index (Phi) is 7.63. The van der Waals surface area contributed by atoms with Crippen molar-refractivity contribution in [3.63, 3.8) is 0 Å². The predicted molar refractivity (Wildman–Crippen MR) is 145 cm³/mol. The summed E-state index contributed by atoms with van der Waals surface area (Å²) < 4.78 is 24.6. The topological polar surface area (TPSA) is 96.9 Å². The van der Waals surface area contributed by atoms with E-state index in [1.807, 2.05) is 13.1 Å². The minimum atomic E-state index is -0.638. The van der Waals surface area contributed by atoms with E-state index in [4.69, 9.17) is 14.5 Å². The minimum absolute atomic E-state index is 0.0206. The number of hydrogen-bond acceptors (Lipinski definition) is 7. The van der Waals surface area contributed by atoms with Gasteiger partial charge in [-0.2, -0.15) is 0 Å². The third-order valence-corrected chi connectivity index (χ3v) is 7.27. The molecule has 3 heterocycles. The van der Waals surface area contributed by atoms with Gasteiger partial charge in [0.1, 0.15) is 17.3 Å². The van der Waals surface area contributed by atoms with Crippen molar-refractivity contribution in [2.75, 3.05) is 37.9 Å². The number of benzene rings is 1. The monoisotopic (exact) mass is 533 g/mol. The number of nitrogens with one attached hydrogen (secondary N) is 1. The van der Waals surface area contributed by atoms with Gasteiger partial charge in [0.25, 0.3) is 5.91 Å². The zero-order chi connectivity index (χ0) is 27.5. The average molecular weight is 534 g/mol. The highest BCUT2D eigenvalue weighted by molar-refractivity contribution is 5.99. The Balaban J connectivity index is 1.21. The molecule has 1 aliphatic carbocycles. The highest BCUT2D eigenvalue weighted by atomic mass is 19.1. The van der Waals surface area contributed by atoms with Gasteiger partial charge in [-0.15, -0.1) is 0 Å². The number of carbonyl (C=O) groups is 2. The van der Waals surface area contributed by atoms with Crippen LogP contribution in [0.15, 0.2) is 54.9 Å². The number of halogens is 1. The van der Waals surface area contributed by atoms with Crippen molar-refractivity contribution in [1.29, 1.82) is 0 Å². The van der Waals surface area contributed by atoms with E-state index in [2.05, 4.69) is 10.3 Å². The lowest BCUT2D eigenvalue weighted by atomic mass is 9.99. The van der Waals surface area contributed by atoms with Gasteiger partial charge in [0.05, 0.1) is 29.5 Å². The fourth-order valence-corrected chi connectivity index (χ4v) is 5.26. The van der Waals surface area contributed by atoms with Gasteiger partial charge in [-0.3, -0.25) is 14.6 Å². The van der Waals surface area contributed by atoms with Crippen LogP contribution in [0.5, 0.6) is 17.4 Å². The van der Waals surface area contributed by atoms with Crippen LogP contribution in [0.2, 0.25) is 0 Å². The predicted octanol–water partition coefficient (Wildman–Crippen LogP) is 4.61. The van der Waals surface area contributed by atoms with Gasteiger partial charge in [0, 0.05) is 52.0 Å². The molecule has 2 fully saturated rings. The summed E-state index contributed by atoms with van der Waals surface area (Å²) in [5, 5.41) is 3.23. The second kappa shape index (κ2) is 11.3. The van der Waals surface area contributed by atoms with Crippen LogP contribution in [0.3, 0.4) is 0 Å². The first-order valence-electron chi connectivity index (χ1n) is 13.1. The van der Waals surface area contributed by atoms with Crippen LogP contribution in [0.25, 0.3) is 0 Å². The lowest BCUT2D eigenvalue weighted by Crippen LogP contribution is -2.32. The van der Waals surface area contributed by atoms with Gasteiger partial charge >= 0.3 is 0 Å². The Bertz CT molecular complexity index is 1330. The largest absolute Gasteiger partial charge is 0.479 e. The maximum atomic E-state index is 13.2. The van der Waals surface area contributed by atoms with Crippen LogP contribution in [-0.2, 0) is 9.59 Å². The van der Waals surface area contributed by atoms with Crippen LogP contribution < -0.4 is 19.7 Å². The van der Waals surface area contributed by atoms with Crippen molar-refractivity contribution in [2.24, 2.45) is 5.92 Å². The van der Waals surface area contributed by atoms with E-state index in [-0.39, 0.29) is 29.5 Å². The summed E-state index contributed by atoms with van der Waals surface area (Å²) in [5.41, 5.74) is 2.51. The number of anilines is 2. The fourth-order valence-electron chi connectivity index (χ4n) is 5.26. The number of nitrogens with zero attached hydrogens (tertiary/aromatic N) is 4. The number of ether oxygens (including phenoxy) is 2. The Morgan fingerprint density at radius 3 is 2.51 bits per heavy atom. The van der Waals surface area contributed by atoms with Gasteiger partial charge in [-0.05, 0) is 55.7 Å². The lowest BCUT2D eigenvalue weighted by Gasteiger charge is -2.21. The second-order valence-electron chi connectivity index (χ2n) is 10.1. The first-order valence-corrected chi connectivity index (χ1v) is 13.1. The smallest absolute Gasteiger partial charge is 0.268 e. The molecule has 3 aromatic rings. The molecule has 2 aliphatic rings. The van der Waals surface area contributed by atoms with Gasteiger partial charge in [-0.1, -0.05) is 0 Å². The average Bonchev–Trinajstić information content (AvgIpc) is 3.57. The van der Waals surface area contributed by atoms with Crippen LogP contribution >= 0.6 is 0 Å². The number of aromatic nitrogens is 2. The molecule has 1 aromatic carbocycles. The maximum Gasteiger partial charge on any atom is 0.268 e. The van der Waals surface area contributed by atoms with E-state index in [1.54, 1.807) is 42.2 Å². The van der Waals surface area contributed by atoms with Gasteiger partial charge in [-0.25, -0.2) is 9.37 Å². The first kappa shape index (κ1) is 26.4. The van der Waals surface area contributed by atoms with Crippen LogP contribution in [0.4, 0.5) is 15.8 Å². The van der Waals surface area contributed by atoms with Crippen molar-refractivity contribution < 1.29 is 23.5 Å². The molecule has 9 nitrogen and oxygen atoms in total. The molecule has 1 N–H and O–H groups in total. The molecule has 0 spiro atoms. The van der Waals surface area contributed by atoms with Crippen LogP contribution in [0.1, 0.15) is 37.3 Å². The SMILES string of the molecule is CNc1cc(N2CC[C@@H](Oc3ccc(Oc4ccc(F)cc4)nc3)C2=O)cnc1C1CCC(C(=O)N(C)C)C1. The van der Waals surface area contributed by atoms with Gasteiger partial charge in [0.15, 0.2) is 6.10 Å². The number of carbonyl (C=O) groups excluding carboxylic acids is 2. The molecule has 0 bridgehead atoms. The van der Waals surface area contributed by atoms with Crippen molar-refractivity contribution in [3.8, 4) is 17.4 Å². The number of amides is 2. The molecule has 204 valence electrons. The standard InChI is InChI=1S/C29H32FN5O4/c1-31-24-15-21(16-33-27(24)18-4-5-19(14-18)28(36)34(2)3)35-13-12-25(29(35)37)38-23-10-11-26(32-17-23)39-22-8-6-20(30)7-9-22/h6-11,15-19,25,31H,4-5,12-14H2,1-3H3/t18?,19?,25-/m1/s1. The van der Waals surface area contributed by atoms with Crippen molar-refractivity contribution >= 4 is 23.2 Å². The summed E-state index contributed by atoms with van der Waals surface area (Å²) in [4.78, 5) is 37.9. The molecule has 1 aliphatic heterocycles. The second-order valence-corrected chi connectivity index (χ2v) is 10.1. The van der Waals surface area contributed by atoms with Crippen molar-refractivity contribution in [2.45, 2.75) is 37.7 Å². The van der Waals surface area contributed by atoms with E-state index in [1.165, 1.54) is 30.5 Å². The minimum Gasteiger partial charge on any atom is -0.479 e. The van der Waals surface area contributed by atoms with E-state index in [0.29, 0.717) is 36.0 Å². The van der Waals surface area contributed by atoms with Crippen LogP contribution in [0, 0.1) is 11.7 Å². The Morgan fingerprint density at radius 2 is 1.82 bits per heavy atom. The Hall–Kier alpha value is -4.21. The lowest BCUT2D eigenvalue weighted by molar-refractivity contribution is -0.132. The summed E-state index contributed by atoms with van der Waals surface area (Å²) in [6.07, 6.45) is 5.66. The summed E-state index contributed by atoms with van der Waals surface area (Å²) >= 11 is 0. The van der Waals surface area contributed by atoms with E-state index in [0.717, 1.165) is 30.6 Å². The molecular formula is C29H32FN5O4. The molecule has 3 atom stereocenters. The third kappa shape index (κ3) is 5.79. The Morgan fingerprint density at radius 1 is 1.05 bits per heavy atom. The first-order chi connectivity index (χ1) is 18.8. The van der Waals surface area contributed by atoms with E-state index < -0.39 is 6.10 Å². The molecule has 2 aromatic heterocycles. The molecule has 2 unspecified atom stereocenters. The van der Waals surface area contributed by atoms with Crippen molar-refractivity contribution in [1.82, 2.24) is 14.9 Å². The van der Waals surface area contributed by atoms with Gasteiger partial charge < -0.3 is 24.6 Å². The highest BCUT2D eigenvalue weighted by Gasteiger charge is 2.36. The van der Waals surface area contributed by atoms with Crippen LogP contribution in [-0.4, -0.2) is 60.5 Å². The molecule has 5 rings (SSSR count). The van der Waals surface area contributed by atoms with Gasteiger partial charge in [0.2, 0.25) is 11.8 Å². The number of pyridine rings is 2. The highest BCUT2D eigenvalue weighted by Crippen LogP contribution is 2.41.